The van der Waals surface area contributed by atoms with Gasteiger partial charge in [-0.15, -0.1) is 0 Å². The van der Waals surface area contributed by atoms with E-state index in [-0.39, 0.29) is 0 Å². The molecule has 2 aromatic rings. The van der Waals surface area contributed by atoms with E-state index in [2.05, 4.69) is 33.4 Å². The van der Waals surface area contributed by atoms with E-state index in [1.807, 2.05) is 30.5 Å². The summed E-state index contributed by atoms with van der Waals surface area (Å²) in [5.41, 5.74) is 4.14. The lowest BCUT2D eigenvalue weighted by Gasteiger charge is -2.35. The Bertz CT molecular complexity index is 670. The lowest BCUT2D eigenvalue weighted by Crippen LogP contribution is -2.45. The first-order valence-electron chi connectivity index (χ1n) is 7.74. The molecule has 0 spiro atoms. The highest BCUT2D eigenvalue weighted by atomic mass is 15.2. The van der Waals surface area contributed by atoms with Crippen molar-refractivity contribution in [2.45, 2.75) is 32.4 Å². The lowest BCUT2D eigenvalue weighted by molar-refractivity contribution is 0.419. The number of nitrogens with zero attached hydrogens (tertiary/aromatic N) is 3. The van der Waals surface area contributed by atoms with Crippen molar-refractivity contribution in [1.82, 2.24) is 15.5 Å². The summed E-state index contributed by atoms with van der Waals surface area (Å²) in [6, 6.07) is 10.6. The molecule has 22 heavy (non-hydrogen) atoms. The fraction of sp³-hybridized carbons (Fsp3) is 0.412. The van der Waals surface area contributed by atoms with Crippen LogP contribution in [0.15, 0.2) is 30.5 Å². The summed E-state index contributed by atoms with van der Waals surface area (Å²) >= 11 is 0. The van der Waals surface area contributed by atoms with Crippen molar-refractivity contribution in [2.24, 2.45) is 0 Å². The molecular formula is C17H21N5. The molecule has 2 N–H and O–H groups in total. The molecular weight excluding hydrogens is 274 g/mol. The zero-order valence-electron chi connectivity index (χ0n) is 12.8. The predicted molar refractivity (Wildman–Crippen MR) is 86.6 cm³/mol. The summed E-state index contributed by atoms with van der Waals surface area (Å²) in [4.78, 5) is 2.32. The minimum atomic E-state index is 0.434. The van der Waals surface area contributed by atoms with Crippen LogP contribution in [0.3, 0.4) is 0 Å². The molecule has 5 heteroatoms. The third-order valence-corrected chi connectivity index (χ3v) is 4.29. The maximum absolute atomic E-state index is 9.27. The number of rotatable bonds is 4. The van der Waals surface area contributed by atoms with Gasteiger partial charge in [0.1, 0.15) is 6.07 Å². The van der Waals surface area contributed by atoms with E-state index >= 15 is 0 Å². The first-order chi connectivity index (χ1) is 10.8. The second-order valence-electron chi connectivity index (χ2n) is 5.83. The van der Waals surface area contributed by atoms with Gasteiger partial charge in [-0.2, -0.15) is 10.4 Å². The molecule has 114 valence electrons. The minimum absolute atomic E-state index is 0.434. The smallest absolute Gasteiger partial charge is 0.101 e. The molecule has 1 aliphatic rings. The first kappa shape index (κ1) is 14.6. The van der Waals surface area contributed by atoms with Gasteiger partial charge in [-0.05, 0) is 37.5 Å². The van der Waals surface area contributed by atoms with E-state index < -0.39 is 0 Å². The van der Waals surface area contributed by atoms with Gasteiger partial charge in [-0.3, -0.25) is 5.10 Å². The zero-order chi connectivity index (χ0) is 15.4. The Morgan fingerprint density at radius 3 is 3.09 bits per heavy atom. The lowest BCUT2D eigenvalue weighted by atomic mass is 10.0. The van der Waals surface area contributed by atoms with Crippen molar-refractivity contribution in [2.75, 3.05) is 18.0 Å². The van der Waals surface area contributed by atoms with Crippen LogP contribution in [-0.4, -0.2) is 29.3 Å². The van der Waals surface area contributed by atoms with Crippen LogP contribution in [0.1, 0.15) is 29.7 Å². The summed E-state index contributed by atoms with van der Waals surface area (Å²) in [6.45, 7) is 4.83. The van der Waals surface area contributed by atoms with Gasteiger partial charge in [-0.1, -0.05) is 12.1 Å². The second-order valence-corrected chi connectivity index (χ2v) is 5.83. The fourth-order valence-electron chi connectivity index (χ4n) is 3.00. The van der Waals surface area contributed by atoms with E-state index in [0.29, 0.717) is 6.04 Å². The Labute approximate surface area is 131 Å². The van der Waals surface area contributed by atoms with Crippen LogP contribution in [0, 0.1) is 18.3 Å². The van der Waals surface area contributed by atoms with Gasteiger partial charge >= 0.3 is 0 Å². The van der Waals surface area contributed by atoms with Crippen LogP contribution < -0.4 is 10.2 Å². The van der Waals surface area contributed by atoms with E-state index in [0.717, 1.165) is 43.0 Å². The van der Waals surface area contributed by atoms with Gasteiger partial charge < -0.3 is 10.2 Å². The summed E-state index contributed by atoms with van der Waals surface area (Å²) < 4.78 is 0. The molecule has 1 fully saturated rings. The van der Waals surface area contributed by atoms with Gasteiger partial charge in [0, 0.05) is 25.7 Å². The van der Waals surface area contributed by atoms with Gasteiger partial charge in [0.15, 0.2) is 0 Å². The number of aromatic nitrogens is 2. The third-order valence-electron chi connectivity index (χ3n) is 4.29. The fourth-order valence-corrected chi connectivity index (χ4v) is 3.00. The van der Waals surface area contributed by atoms with Crippen molar-refractivity contribution in [1.29, 1.82) is 5.26 Å². The average molecular weight is 295 g/mol. The number of aromatic amines is 1. The molecule has 1 unspecified atom stereocenters. The van der Waals surface area contributed by atoms with Crippen molar-refractivity contribution in [3.8, 4) is 6.07 Å². The SMILES string of the molecule is Cc1cn[nH]c1CNC1CCCN(c2ccccc2C#N)C1. The quantitative estimate of drug-likeness (QED) is 0.908. The van der Waals surface area contributed by atoms with E-state index in [4.69, 9.17) is 0 Å². The molecule has 0 aliphatic carbocycles. The number of H-pyrrole nitrogens is 1. The summed E-state index contributed by atoms with van der Waals surface area (Å²) in [5.74, 6) is 0. The van der Waals surface area contributed by atoms with Crippen molar-refractivity contribution in [3.63, 3.8) is 0 Å². The van der Waals surface area contributed by atoms with Crippen LogP contribution in [0.25, 0.3) is 0 Å². The van der Waals surface area contributed by atoms with Gasteiger partial charge in [0.05, 0.1) is 23.1 Å². The van der Waals surface area contributed by atoms with Gasteiger partial charge in [0.25, 0.3) is 0 Å². The maximum atomic E-state index is 9.27. The van der Waals surface area contributed by atoms with Crippen LogP contribution in [-0.2, 0) is 6.54 Å². The van der Waals surface area contributed by atoms with Crippen molar-refractivity contribution in [3.05, 3.63) is 47.3 Å². The van der Waals surface area contributed by atoms with E-state index in [9.17, 15) is 5.26 Å². The summed E-state index contributed by atoms with van der Waals surface area (Å²) in [6.07, 6.45) is 4.16. The maximum Gasteiger partial charge on any atom is 0.101 e. The monoisotopic (exact) mass is 295 g/mol. The number of aryl methyl sites for hydroxylation is 1. The Kier molecular flexibility index (Phi) is 4.40. The van der Waals surface area contributed by atoms with Gasteiger partial charge in [-0.25, -0.2) is 0 Å². The molecule has 1 atom stereocenters. The molecule has 1 aliphatic heterocycles. The Balaban J connectivity index is 1.64. The molecule has 1 aromatic heterocycles. The molecule has 1 saturated heterocycles. The highest BCUT2D eigenvalue weighted by Crippen LogP contribution is 2.23. The number of piperidine rings is 1. The molecule has 3 rings (SSSR count). The van der Waals surface area contributed by atoms with Gasteiger partial charge in [0.2, 0.25) is 0 Å². The number of benzene rings is 1. The first-order valence-corrected chi connectivity index (χ1v) is 7.74. The van der Waals surface area contributed by atoms with Crippen LogP contribution >= 0.6 is 0 Å². The molecule has 0 saturated carbocycles. The predicted octanol–water partition coefficient (Wildman–Crippen LogP) is 2.35. The van der Waals surface area contributed by atoms with E-state index in [1.54, 1.807) is 0 Å². The molecule has 1 aromatic carbocycles. The van der Waals surface area contributed by atoms with Crippen LogP contribution in [0.4, 0.5) is 5.69 Å². The Hall–Kier alpha value is -2.32. The molecule has 2 heterocycles. The van der Waals surface area contributed by atoms with E-state index in [1.165, 1.54) is 12.0 Å². The Morgan fingerprint density at radius 2 is 2.32 bits per heavy atom. The normalized spacial score (nSPS) is 18.2. The van der Waals surface area contributed by atoms with Crippen molar-refractivity contribution >= 4 is 5.69 Å². The minimum Gasteiger partial charge on any atom is -0.369 e. The standard InChI is InChI=1S/C17H21N5/c1-13-10-20-21-16(13)11-19-15-6-4-8-22(12-15)17-7-3-2-5-14(17)9-18/h2-3,5,7,10,15,19H,4,6,8,11-12H2,1H3,(H,20,21). The number of nitrogens with one attached hydrogen (secondary N) is 2. The largest absolute Gasteiger partial charge is 0.369 e. The number of para-hydroxylation sites is 1. The topological polar surface area (TPSA) is 67.7 Å². The van der Waals surface area contributed by atoms with Crippen LogP contribution in [0.2, 0.25) is 0 Å². The number of anilines is 1. The number of hydrogen-bond acceptors (Lipinski definition) is 4. The summed E-state index contributed by atoms with van der Waals surface area (Å²) in [7, 11) is 0. The Morgan fingerprint density at radius 1 is 1.45 bits per heavy atom. The third kappa shape index (κ3) is 3.12. The highest BCUT2D eigenvalue weighted by molar-refractivity contribution is 5.59. The van der Waals surface area contributed by atoms with Crippen molar-refractivity contribution < 1.29 is 0 Å². The number of hydrogen-bond donors (Lipinski definition) is 2. The average Bonchev–Trinajstić information content (AvgIpc) is 2.98. The highest BCUT2D eigenvalue weighted by Gasteiger charge is 2.21. The zero-order valence-corrected chi connectivity index (χ0v) is 12.8. The summed E-state index contributed by atoms with van der Waals surface area (Å²) in [5, 5.41) is 20.0. The number of nitriles is 1. The molecule has 0 radical (unpaired) electrons. The van der Waals surface area contributed by atoms with Crippen LogP contribution in [0.5, 0.6) is 0 Å². The second kappa shape index (κ2) is 6.63. The molecule has 0 bridgehead atoms. The molecule has 0 amide bonds. The molecule has 5 nitrogen and oxygen atoms in total.